The van der Waals surface area contributed by atoms with Gasteiger partial charge in [0.05, 0.1) is 25.3 Å². The number of esters is 1. The van der Waals surface area contributed by atoms with Gasteiger partial charge < -0.3 is 14.6 Å². The van der Waals surface area contributed by atoms with E-state index in [1.54, 1.807) is 0 Å². The first-order valence-electron chi connectivity index (χ1n) is 7.19. The van der Waals surface area contributed by atoms with E-state index in [1.165, 1.54) is 13.8 Å². The zero-order chi connectivity index (χ0) is 19.1. The SMILES string of the molecule is CCOC(=O)C(C=NC(C)CF)=C(O)c1cc(F)c(F)c(OC)c1F. The van der Waals surface area contributed by atoms with Gasteiger partial charge in [-0.15, -0.1) is 0 Å². The molecule has 0 spiro atoms. The molecule has 0 bridgehead atoms. The first-order chi connectivity index (χ1) is 11.8. The van der Waals surface area contributed by atoms with Gasteiger partial charge in [0.2, 0.25) is 5.82 Å². The molecule has 1 N–H and O–H groups in total. The van der Waals surface area contributed by atoms with Crippen LogP contribution in [0.1, 0.15) is 19.4 Å². The maximum atomic E-state index is 14.3. The molecule has 0 fully saturated rings. The molecule has 0 saturated heterocycles. The Bertz CT molecular complexity index is 704. The summed E-state index contributed by atoms with van der Waals surface area (Å²) in [6.07, 6.45) is 0.782. The van der Waals surface area contributed by atoms with Crippen molar-refractivity contribution in [3.63, 3.8) is 0 Å². The second-order valence-electron chi connectivity index (χ2n) is 4.83. The lowest BCUT2D eigenvalue weighted by Gasteiger charge is -2.11. The van der Waals surface area contributed by atoms with Crippen LogP contribution in [0, 0.1) is 17.5 Å². The summed E-state index contributed by atoms with van der Waals surface area (Å²) in [5.74, 6) is -7.74. The molecule has 25 heavy (non-hydrogen) atoms. The molecular formula is C16H17F4NO4. The van der Waals surface area contributed by atoms with E-state index < -0.39 is 58.8 Å². The highest BCUT2D eigenvalue weighted by Crippen LogP contribution is 2.31. The van der Waals surface area contributed by atoms with E-state index in [0.29, 0.717) is 6.07 Å². The standard InChI is InChI=1S/C16H17F4NO4/c1-4-25-16(23)10(7-21-8(2)6-17)14(22)9-5-11(18)13(20)15(24-3)12(9)19/h5,7-8,22H,4,6H2,1-3H3. The summed E-state index contributed by atoms with van der Waals surface area (Å²) in [6, 6.07) is -0.490. The van der Waals surface area contributed by atoms with Crippen LogP contribution in [0.2, 0.25) is 0 Å². The number of hydrogen-bond acceptors (Lipinski definition) is 5. The van der Waals surface area contributed by atoms with Gasteiger partial charge in [0.15, 0.2) is 17.4 Å². The first-order valence-corrected chi connectivity index (χ1v) is 7.19. The highest BCUT2D eigenvalue weighted by Gasteiger charge is 2.25. The minimum absolute atomic E-state index is 0.0777. The molecule has 0 amide bonds. The zero-order valence-electron chi connectivity index (χ0n) is 13.8. The zero-order valence-corrected chi connectivity index (χ0v) is 13.8. The van der Waals surface area contributed by atoms with Gasteiger partial charge in [0.1, 0.15) is 18.0 Å². The van der Waals surface area contributed by atoms with E-state index in [4.69, 9.17) is 4.74 Å². The molecule has 1 aromatic rings. The fourth-order valence-electron chi connectivity index (χ4n) is 1.74. The van der Waals surface area contributed by atoms with Crippen LogP contribution in [-0.2, 0) is 9.53 Å². The predicted octanol–water partition coefficient (Wildman–Crippen LogP) is 3.37. The average molecular weight is 363 g/mol. The lowest BCUT2D eigenvalue weighted by Crippen LogP contribution is -2.14. The Morgan fingerprint density at radius 1 is 1.36 bits per heavy atom. The van der Waals surface area contributed by atoms with Crippen LogP contribution < -0.4 is 4.74 Å². The smallest absolute Gasteiger partial charge is 0.343 e. The number of alkyl halides is 1. The molecule has 0 saturated carbocycles. The third-order valence-corrected chi connectivity index (χ3v) is 3.01. The predicted molar refractivity (Wildman–Crippen MR) is 83.0 cm³/mol. The van der Waals surface area contributed by atoms with Crippen molar-refractivity contribution in [1.82, 2.24) is 0 Å². The van der Waals surface area contributed by atoms with Gasteiger partial charge >= 0.3 is 5.97 Å². The van der Waals surface area contributed by atoms with Crippen molar-refractivity contribution in [2.75, 3.05) is 20.4 Å². The van der Waals surface area contributed by atoms with E-state index in [9.17, 15) is 27.5 Å². The van der Waals surface area contributed by atoms with Crippen molar-refractivity contribution in [3.05, 3.63) is 34.7 Å². The van der Waals surface area contributed by atoms with Gasteiger partial charge in [-0.2, -0.15) is 4.39 Å². The van der Waals surface area contributed by atoms with E-state index in [1.807, 2.05) is 0 Å². The average Bonchev–Trinajstić information content (AvgIpc) is 2.58. The molecule has 9 heteroatoms. The van der Waals surface area contributed by atoms with Crippen molar-refractivity contribution < 1.29 is 36.9 Å². The molecule has 0 heterocycles. The molecule has 0 aliphatic heterocycles. The molecule has 0 aliphatic carbocycles. The summed E-state index contributed by atoms with van der Waals surface area (Å²) < 4.78 is 63.0. The number of rotatable bonds is 7. The minimum atomic E-state index is -1.59. The van der Waals surface area contributed by atoms with Gasteiger partial charge in [0, 0.05) is 6.21 Å². The number of aliphatic hydroxyl groups excluding tert-OH is 1. The van der Waals surface area contributed by atoms with Crippen LogP contribution in [0.3, 0.4) is 0 Å². The van der Waals surface area contributed by atoms with Gasteiger partial charge in [0.25, 0.3) is 0 Å². The Kier molecular flexibility index (Phi) is 7.41. The van der Waals surface area contributed by atoms with E-state index in [0.717, 1.165) is 13.3 Å². The van der Waals surface area contributed by atoms with Gasteiger partial charge in [-0.1, -0.05) is 0 Å². The summed E-state index contributed by atoms with van der Waals surface area (Å²) in [5.41, 5.74) is -1.48. The lowest BCUT2D eigenvalue weighted by atomic mass is 10.1. The molecule has 1 unspecified atom stereocenters. The number of carbonyl (C=O) groups is 1. The summed E-state index contributed by atoms with van der Waals surface area (Å²) in [5, 5.41) is 10.2. The quantitative estimate of drug-likeness (QED) is 0.201. The maximum Gasteiger partial charge on any atom is 0.343 e. The Hall–Kier alpha value is -2.58. The number of carbonyl (C=O) groups excluding carboxylic acids is 1. The van der Waals surface area contributed by atoms with E-state index in [2.05, 4.69) is 9.73 Å². The van der Waals surface area contributed by atoms with Gasteiger partial charge in [-0.05, 0) is 19.9 Å². The Balaban J connectivity index is 3.58. The second kappa shape index (κ2) is 9.05. The van der Waals surface area contributed by atoms with Crippen LogP contribution in [0.15, 0.2) is 16.6 Å². The Morgan fingerprint density at radius 2 is 2.00 bits per heavy atom. The van der Waals surface area contributed by atoms with Crippen molar-refractivity contribution in [2.24, 2.45) is 4.99 Å². The molecule has 138 valence electrons. The number of aliphatic imine (C=N–C) groups is 1. The molecular weight excluding hydrogens is 346 g/mol. The summed E-state index contributed by atoms with van der Waals surface area (Å²) >= 11 is 0. The maximum absolute atomic E-state index is 14.3. The third kappa shape index (κ3) is 4.71. The van der Waals surface area contributed by atoms with Crippen molar-refractivity contribution in [2.45, 2.75) is 19.9 Å². The third-order valence-electron chi connectivity index (χ3n) is 3.01. The molecule has 1 rings (SSSR count). The van der Waals surface area contributed by atoms with E-state index >= 15 is 0 Å². The van der Waals surface area contributed by atoms with Crippen LogP contribution >= 0.6 is 0 Å². The number of hydrogen-bond donors (Lipinski definition) is 1. The summed E-state index contributed by atoms with van der Waals surface area (Å²) in [7, 11) is 0.905. The fourth-order valence-corrected chi connectivity index (χ4v) is 1.74. The van der Waals surface area contributed by atoms with Crippen LogP contribution in [-0.4, -0.2) is 43.7 Å². The number of methoxy groups -OCH3 is 1. The molecule has 0 aliphatic rings. The number of ether oxygens (including phenoxy) is 2. The van der Waals surface area contributed by atoms with Gasteiger partial charge in [-0.25, -0.2) is 18.0 Å². The highest BCUT2D eigenvalue weighted by atomic mass is 19.2. The molecule has 1 atom stereocenters. The fraction of sp³-hybridized carbons (Fsp3) is 0.375. The Labute approximate surface area is 141 Å². The van der Waals surface area contributed by atoms with Gasteiger partial charge in [-0.3, -0.25) is 4.99 Å². The van der Waals surface area contributed by atoms with Crippen molar-refractivity contribution >= 4 is 17.9 Å². The molecule has 0 radical (unpaired) electrons. The summed E-state index contributed by atoms with van der Waals surface area (Å²) in [4.78, 5) is 15.6. The second-order valence-corrected chi connectivity index (χ2v) is 4.83. The lowest BCUT2D eigenvalue weighted by molar-refractivity contribution is -0.137. The monoisotopic (exact) mass is 363 g/mol. The highest BCUT2D eigenvalue weighted by molar-refractivity contribution is 6.15. The van der Waals surface area contributed by atoms with Crippen LogP contribution in [0.4, 0.5) is 17.6 Å². The molecule has 1 aromatic carbocycles. The largest absolute Gasteiger partial charge is 0.506 e. The number of nitrogens with zero attached hydrogens (tertiary/aromatic N) is 1. The number of aliphatic hydroxyl groups is 1. The Morgan fingerprint density at radius 3 is 2.52 bits per heavy atom. The molecule has 0 aromatic heterocycles. The van der Waals surface area contributed by atoms with Crippen molar-refractivity contribution in [1.29, 1.82) is 0 Å². The topological polar surface area (TPSA) is 68.1 Å². The van der Waals surface area contributed by atoms with Crippen LogP contribution in [0.25, 0.3) is 5.76 Å². The van der Waals surface area contributed by atoms with Crippen molar-refractivity contribution in [3.8, 4) is 5.75 Å². The summed E-state index contributed by atoms with van der Waals surface area (Å²) in [6.45, 7) is 1.94. The molecule has 5 nitrogen and oxygen atoms in total. The van der Waals surface area contributed by atoms with E-state index in [-0.39, 0.29) is 6.61 Å². The number of benzene rings is 1. The first kappa shape index (κ1) is 20.5. The minimum Gasteiger partial charge on any atom is -0.506 e. The normalized spacial score (nSPS) is 13.6. The van der Waals surface area contributed by atoms with Crippen LogP contribution in [0.5, 0.6) is 5.75 Å². The number of halogens is 4.